The van der Waals surface area contributed by atoms with Gasteiger partial charge in [-0.15, -0.1) is 5.10 Å². The first-order chi connectivity index (χ1) is 8.63. The fraction of sp³-hybridized carbons (Fsp3) is 0.364. The highest BCUT2D eigenvalue weighted by atomic mass is 35.5. The highest BCUT2D eigenvalue weighted by Gasteiger charge is 2.15. The average molecular weight is 270 g/mol. The van der Waals surface area contributed by atoms with Gasteiger partial charge in [0, 0.05) is 6.07 Å². The van der Waals surface area contributed by atoms with E-state index in [-0.39, 0.29) is 11.1 Å². The number of nitrogens with one attached hydrogen (secondary N) is 1. The largest absolute Gasteiger partial charge is 0.308 e. The Morgan fingerprint density at radius 2 is 2.28 bits per heavy atom. The van der Waals surface area contributed by atoms with Crippen molar-refractivity contribution in [1.82, 2.24) is 25.5 Å². The van der Waals surface area contributed by atoms with Crippen molar-refractivity contribution in [2.75, 3.05) is 6.54 Å². The fourth-order valence-corrected chi connectivity index (χ4v) is 1.78. The Bertz CT molecular complexity index is 542. The van der Waals surface area contributed by atoms with Crippen LogP contribution in [0.1, 0.15) is 25.7 Å². The molecular weight excluding hydrogens is 257 g/mol. The standard InChI is InChI=1S/C11H13ClFN5/c1-3-14-7(2)11-15-16-17-18(11)8-4-5-9(12)10(13)6-8/h4-7,14H,3H2,1-2H3. The zero-order chi connectivity index (χ0) is 13.1. The lowest BCUT2D eigenvalue weighted by Crippen LogP contribution is -2.21. The van der Waals surface area contributed by atoms with E-state index in [0.717, 1.165) is 6.54 Å². The zero-order valence-electron chi connectivity index (χ0n) is 10.1. The lowest BCUT2D eigenvalue weighted by molar-refractivity contribution is 0.549. The number of hydrogen-bond donors (Lipinski definition) is 1. The van der Waals surface area contributed by atoms with Crippen LogP contribution in [0.15, 0.2) is 18.2 Å². The zero-order valence-corrected chi connectivity index (χ0v) is 10.8. The van der Waals surface area contributed by atoms with Gasteiger partial charge < -0.3 is 5.32 Å². The molecule has 0 amide bonds. The van der Waals surface area contributed by atoms with Gasteiger partial charge in [0.2, 0.25) is 0 Å². The summed E-state index contributed by atoms with van der Waals surface area (Å²) in [5.41, 5.74) is 0.543. The van der Waals surface area contributed by atoms with Crippen LogP contribution >= 0.6 is 11.6 Å². The molecule has 0 aliphatic carbocycles. The van der Waals surface area contributed by atoms with Crippen molar-refractivity contribution in [2.24, 2.45) is 0 Å². The molecule has 1 aromatic heterocycles. The van der Waals surface area contributed by atoms with Crippen LogP contribution < -0.4 is 5.32 Å². The van der Waals surface area contributed by atoms with Crippen LogP contribution in [0, 0.1) is 5.82 Å². The third-order valence-electron chi connectivity index (χ3n) is 2.54. The fourth-order valence-electron chi connectivity index (χ4n) is 1.66. The number of tetrazole rings is 1. The predicted molar refractivity (Wildman–Crippen MR) is 66.2 cm³/mol. The second-order valence-corrected chi connectivity index (χ2v) is 4.23. The van der Waals surface area contributed by atoms with E-state index in [0.29, 0.717) is 11.5 Å². The third-order valence-corrected chi connectivity index (χ3v) is 2.85. The Hall–Kier alpha value is -1.53. The molecule has 1 heterocycles. The van der Waals surface area contributed by atoms with Crippen LogP contribution in [-0.4, -0.2) is 26.8 Å². The average Bonchev–Trinajstić information content (AvgIpc) is 2.82. The predicted octanol–water partition coefficient (Wildman–Crippen LogP) is 2.13. The molecule has 0 saturated heterocycles. The van der Waals surface area contributed by atoms with E-state index in [4.69, 9.17) is 11.6 Å². The van der Waals surface area contributed by atoms with Crippen molar-refractivity contribution < 1.29 is 4.39 Å². The van der Waals surface area contributed by atoms with Gasteiger partial charge in [-0.3, -0.25) is 0 Å². The van der Waals surface area contributed by atoms with Gasteiger partial charge in [-0.1, -0.05) is 18.5 Å². The maximum atomic E-state index is 13.4. The van der Waals surface area contributed by atoms with E-state index in [1.807, 2.05) is 13.8 Å². The van der Waals surface area contributed by atoms with Crippen LogP contribution in [-0.2, 0) is 0 Å². The van der Waals surface area contributed by atoms with Gasteiger partial charge in [0.1, 0.15) is 5.82 Å². The maximum Gasteiger partial charge on any atom is 0.173 e. The summed E-state index contributed by atoms with van der Waals surface area (Å²) >= 11 is 5.65. The summed E-state index contributed by atoms with van der Waals surface area (Å²) < 4.78 is 14.9. The number of aromatic nitrogens is 4. The molecule has 0 radical (unpaired) electrons. The highest BCUT2D eigenvalue weighted by Crippen LogP contribution is 2.19. The first kappa shape index (κ1) is 12.9. The van der Waals surface area contributed by atoms with Gasteiger partial charge in [-0.05, 0) is 36.0 Å². The number of hydrogen-bond acceptors (Lipinski definition) is 4. The van der Waals surface area contributed by atoms with E-state index >= 15 is 0 Å². The normalized spacial score (nSPS) is 12.7. The van der Waals surface area contributed by atoms with E-state index in [1.54, 1.807) is 6.07 Å². The van der Waals surface area contributed by atoms with Crippen molar-refractivity contribution in [3.05, 3.63) is 34.9 Å². The molecule has 1 N–H and O–H groups in total. The molecule has 2 aromatic rings. The second kappa shape index (κ2) is 5.41. The topological polar surface area (TPSA) is 55.6 Å². The van der Waals surface area contributed by atoms with E-state index in [1.165, 1.54) is 16.8 Å². The summed E-state index contributed by atoms with van der Waals surface area (Å²) in [6, 6.07) is 4.43. The van der Waals surface area contributed by atoms with Crippen LogP contribution in [0.5, 0.6) is 0 Å². The van der Waals surface area contributed by atoms with Gasteiger partial charge in [-0.25, -0.2) is 4.39 Å². The van der Waals surface area contributed by atoms with E-state index in [9.17, 15) is 4.39 Å². The molecule has 1 unspecified atom stereocenters. The van der Waals surface area contributed by atoms with Crippen LogP contribution in [0.3, 0.4) is 0 Å². The molecule has 5 nitrogen and oxygen atoms in total. The van der Waals surface area contributed by atoms with Crippen LogP contribution in [0.2, 0.25) is 5.02 Å². The molecule has 0 bridgehead atoms. The van der Waals surface area contributed by atoms with E-state index in [2.05, 4.69) is 20.8 Å². The quantitative estimate of drug-likeness (QED) is 0.924. The maximum absolute atomic E-state index is 13.4. The van der Waals surface area contributed by atoms with Crippen molar-refractivity contribution in [2.45, 2.75) is 19.9 Å². The van der Waals surface area contributed by atoms with E-state index < -0.39 is 5.82 Å². The van der Waals surface area contributed by atoms with Crippen molar-refractivity contribution in [3.8, 4) is 5.69 Å². The summed E-state index contributed by atoms with van der Waals surface area (Å²) in [4.78, 5) is 0. The molecule has 0 saturated carbocycles. The summed E-state index contributed by atoms with van der Waals surface area (Å²) in [5, 5.41) is 14.7. The van der Waals surface area contributed by atoms with Gasteiger partial charge in [0.25, 0.3) is 0 Å². The summed E-state index contributed by atoms with van der Waals surface area (Å²) in [5.74, 6) is 0.130. The molecule has 96 valence electrons. The summed E-state index contributed by atoms with van der Waals surface area (Å²) in [7, 11) is 0. The minimum Gasteiger partial charge on any atom is -0.308 e. The third kappa shape index (κ3) is 2.49. The Morgan fingerprint density at radius 1 is 1.50 bits per heavy atom. The molecule has 0 spiro atoms. The van der Waals surface area contributed by atoms with Gasteiger partial charge in [-0.2, -0.15) is 4.68 Å². The van der Waals surface area contributed by atoms with Crippen molar-refractivity contribution in [1.29, 1.82) is 0 Å². The summed E-state index contributed by atoms with van der Waals surface area (Å²) in [6.07, 6.45) is 0. The lowest BCUT2D eigenvalue weighted by Gasteiger charge is -2.12. The number of halogens is 2. The van der Waals surface area contributed by atoms with Crippen molar-refractivity contribution in [3.63, 3.8) is 0 Å². The Morgan fingerprint density at radius 3 is 2.94 bits per heavy atom. The first-order valence-electron chi connectivity index (χ1n) is 5.60. The molecule has 0 aliphatic heterocycles. The molecule has 18 heavy (non-hydrogen) atoms. The molecule has 0 aliphatic rings. The number of rotatable bonds is 4. The molecular formula is C11H13ClFN5. The Balaban J connectivity index is 2.39. The summed E-state index contributed by atoms with van der Waals surface area (Å²) in [6.45, 7) is 4.73. The number of nitrogens with zero attached hydrogens (tertiary/aromatic N) is 4. The highest BCUT2D eigenvalue weighted by molar-refractivity contribution is 6.30. The molecule has 2 rings (SSSR count). The lowest BCUT2D eigenvalue weighted by atomic mass is 10.2. The molecule has 7 heteroatoms. The Labute approximate surface area is 109 Å². The van der Waals surface area contributed by atoms with Crippen LogP contribution in [0.25, 0.3) is 5.69 Å². The van der Waals surface area contributed by atoms with Gasteiger partial charge in [0.05, 0.1) is 16.8 Å². The van der Waals surface area contributed by atoms with Gasteiger partial charge in [0.15, 0.2) is 5.82 Å². The minimum absolute atomic E-state index is 0.0243. The first-order valence-corrected chi connectivity index (χ1v) is 5.98. The second-order valence-electron chi connectivity index (χ2n) is 3.83. The minimum atomic E-state index is -0.494. The van der Waals surface area contributed by atoms with Crippen LogP contribution in [0.4, 0.5) is 4.39 Å². The molecule has 1 aromatic carbocycles. The van der Waals surface area contributed by atoms with Crippen molar-refractivity contribution >= 4 is 11.6 Å². The number of benzene rings is 1. The SMILES string of the molecule is CCNC(C)c1nnnn1-c1ccc(Cl)c(F)c1. The molecule has 1 atom stereocenters. The smallest absolute Gasteiger partial charge is 0.173 e. The van der Waals surface area contributed by atoms with Gasteiger partial charge >= 0.3 is 0 Å². The molecule has 0 fully saturated rings. The monoisotopic (exact) mass is 269 g/mol. The Kier molecular flexibility index (Phi) is 3.88.